The molecule has 0 aliphatic carbocycles. The number of halogens is 1. The predicted octanol–water partition coefficient (Wildman–Crippen LogP) is 1.81. The Morgan fingerprint density at radius 3 is 2.69 bits per heavy atom. The van der Waals surface area contributed by atoms with E-state index in [0.717, 1.165) is 0 Å². The summed E-state index contributed by atoms with van der Waals surface area (Å²) in [6.45, 7) is 0. The first-order valence-corrected chi connectivity index (χ1v) is 3.99. The van der Waals surface area contributed by atoms with Gasteiger partial charge in [0.15, 0.2) is 0 Å². The molecule has 0 radical (unpaired) electrons. The molecule has 0 saturated carbocycles. The molecule has 66 valence electrons. The van der Waals surface area contributed by atoms with E-state index in [-0.39, 0.29) is 11.3 Å². The van der Waals surface area contributed by atoms with Gasteiger partial charge in [0.25, 0.3) is 5.69 Å². The molecule has 1 aromatic rings. The predicted molar refractivity (Wildman–Crippen MR) is 49.9 cm³/mol. The molecule has 0 unspecified atom stereocenters. The van der Waals surface area contributed by atoms with E-state index in [9.17, 15) is 10.1 Å². The van der Waals surface area contributed by atoms with E-state index in [1.165, 1.54) is 12.1 Å². The fraction of sp³-hybridized carbons (Fsp3) is 0. The SMILES string of the molecule is N#Cc1cc(N)c(Br)cc1[N+](=O)[O-]. The second kappa shape index (κ2) is 3.41. The monoisotopic (exact) mass is 241 g/mol. The van der Waals surface area contributed by atoms with E-state index in [1.54, 1.807) is 6.07 Å². The third-order valence-electron chi connectivity index (χ3n) is 1.43. The lowest BCUT2D eigenvalue weighted by molar-refractivity contribution is -0.385. The molecular weight excluding hydrogens is 238 g/mol. The number of nitrogens with zero attached hydrogens (tertiary/aromatic N) is 2. The van der Waals surface area contributed by atoms with Gasteiger partial charge in [-0.3, -0.25) is 10.1 Å². The zero-order valence-electron chi connectivity index (χ0n) is 6.32. The lowest BCUT2D eigenvalue weighted by atomic mass is 10.2. The molecule has 0 heterocycles. The Kier molecular flexibility index (Phi) is 2.49. The van der Waals surface area contributed by atoms with Gasteiger partial charge in [-0.05, 0) is 22.0 Å². The van der Waals surface area contributed by atoms with Crippen LogP contribution in [0.2, 0.25) is 0 Å². The summed E-state index contributed by atoms with van der Waals surface area (Å²) in [5, 5.41) is 19.0. The van der Waals surface area contributed by atoms with Crippen molar-refractivity contribution < 1.29 is 4.92 Å². The first-order chi connectivity index (χ1) is 6.06. The summed E-state index contributed by atoms with van der Waals surface area (Å²) in [7, 11) is 0. The standard InChI is InChI=1S/C7H4BrN3O2/c8-5-2-7(11(12)13)4(3-9)1-6(5)10/h1-2H,10H2. The Bertz CT molecular complexity index is 411. The van der Waals surface area contributed by atoms with Gasteiger partial charge in [0.05, 0.1) is 4.92 Å². The highest BCUT2D eigenvalue weighted by molar-refractivity contribution is 9.10. The number of anilines is 1. The first kappa shape index (κ1) is 9.48. The van der Waals surface area contributed by atoms with Crippen LogP contribution in [0.25, 0.3) is 0 Å². The van der Waals surface area contributed by atoms with Crippen molar-refractivity contribution in [1.82, 2.24) is 0 Å². The van der Waals surface area contributed by atoms with Gasteiger partial charge < -0.3 is 5.73 Å². The third-order valence-corrected chi connectivity index (χ3v) is 2.12. The summed E-state index contributed by atoms with van der Waals surface area (Å²) in [5.74, 6) is 0. The molecule has 0 fully saturated rings. The Balaban J connectivity index is 3.44. The van der Waals surface area contributed by atoms with Crippen molar-refractivity contribution in [3.8, 4) is 6.07 Å². The van der Waals surface area contributed by atoms with Crippen LogP contribution >= 0.6 is 15.9 Å². The van der Waals surface area contributed by atoms with Crippen LogP contribution in [0.4, 0.5) is 11.4 Å². The summed E-state index contributed by atoms with van der Waals surface area (Å²) in [6, 6.07) is 4.18. The van der Waals surface area contributed by atoms with E-state index < -0.39 is 4.92 Å². The summed E-state index contributed by atoms with van der Waals surface area (Å²) in [4.78, 5) is 9.81. The van der Waals surface area contributed by atoms with Gasteiger partial charge in [-0.2, -0.15) is 5.26 Å². The number of hydrogen-bond acceptors (Lipinski definition) is 4. The second-order valence-electron chi connectivity index (χ2n) is 2.26. The zero-order chi connectivity index (χ0) is 10.0. The number of benzene rings is 1. The van der Waals surface area contributed by atoms with E-state index in [1.807, 2.05) is 0 Å². The van der Waals surface area contributed by atoms with E-state index >= 15 is 0 Å². The van der Waals surface area contributed by atoms with Gasteiger partial charge in [-0.15, -0.1) is 0 Å². The van der Waals surface area contributed by atoms with Gasteiger partial charge in [0.1, 0.15) is 11.6 Å². The lowest BCUT2D eigenvalue weighted by Crippen LogP contribution is -1.95. The van der Waals surface area contributed by atoms with Gasteiger partial charge in [0.2, 0.25) is 0 Å². The average molecular weight is 242 g/mol. The van der Waals surface area contributed by atoms with Crippen LogP contribution in [0.15, 0.2) is 16.6 Å². The normalized spacial score (nSPS) is 9.23. The van der Waals surface area contributed by atoms with Gasteiger partial charge in [0, 0.05) is 16.2 Å². The maximum atomic E-state index is 10.4. The molecule has 0 bridgehead atoms. The molecule has 0 atom stereocenters. The average Bonchev–Trinajstić information content (AvgIpc) is 2.08. The molecule has 0 aliphatic rings. The Labute approximate surface area is 82.0 Å². The minimum Gasteiger partial charge on any atom is -0.398 e. The molecule has 1 aromatic carbocycles. The maximum Gasteiger partial charge on any atom is 0.288 e. The minimum absolute atomic E-state index is 0.0364. The molecular formula is C7H4BrN3O2. The van der Waals surface area contributed by atoms with Crippen molar-refractivity contribution in [3.63, 3.8) is 0 Å². The molecule has 5 nitrogen and oxygen atoms in total. The highest BCUT2D eigenvalue weighted by Crippen LogP contribution is 2.28. The van der Waals surface area contributed by atoms with Gasteiger partial charge >= 0.3 is 0 Å². The van der Waals surface area contributed by atoms with Crippen LogP contribution in [0.1, 0.15) is 5.56 Å². The number of nitro groups is 1. The van der Waals surface area contributed by atoms with Crippen molar-refractivity contribution in [2.75, 3.05) is 5.73 Å². The van der Waals surface area contributed by atoms with Crippen LogP contribution in [0.5, 0.6) is 0 Å². The second-order valence-corrected chi connectivity index (χ2v) is 3.11. The fourth-order valence-corrected chi connectivity index (χ4v) is 1.15. The van der Waals surface area contributed by atoms with Crippen LogP contribution < -0.4 is 5.73 Å². The Morgan fingerprint density at radius 2 is 2.23 bits per heavy atom. The molecule has 1 rings (SSSR count). The summed E-state index contributed by atoms with van der Waals surface area (Å²) >= 11 is 3.04. The van der Waals surface area contributed by atoms with Crippen LogP contribution in [-0.4, -0.2) is 4.92 Å². The molecule has 0 aliphatic heterocycles. The minimum atomic E-state index is -0.622. The maximum absolute atomic E-state index is 10.4. The van der Waals surface area contributed by atoms with Crippen molar-refractivity contribution in [2.24, 2.45) is 0 Å². The number of nitrogen functional groups attached to an aromatic ring is 1. The van der Waals surface area contributed by atoms with Crippen LogP contribution in [0, 0.1) is 21.4 Å². The lowest BCUT2D eigenvalue weighted by Gasteiger charge is -1.99. The molecule has 2 N–H and O–H groups in total. The Hall–Kier alpha value is -1.61. The van der Waals surface area contributed by atoms with Crippen LogP contribution in [-0.2, 0) is 0 Å². The van der Waals surface area contributed by atoms with Crippen molar-refractivity contribution in [3.05, 3.63) is 32.3 Å². The van der Waals surface area contributed by atoms with Gasteiger partial charge in [-0.1, -0.05) is 0 Å². The topological polar surface area (TPSA) is 93.0 Å². The number of rotatable bonds is 1. The molecule has 0 amide bonds. The number of nitriles is 1. The van der Waals surface area contributed by atoms with Crippen LogP contribution in [0.3, 0.4) is 0 Å². The molecule has 0 aromatic heterocycles. The van der Waals surface area contributed by atoms with Crippen molar-refractivity contribution in [2.45, 2.75) is 0 Å². The Morgan fingerprint density at radius 1 is 1.62 bits per heavy atom. The third kappa shape index (κ3) is 1.76. The molecule has 6 heteroatoms. The fourth-order valence-electron chi connectivity index (χ4n) is 0.820. The quantitative estimate of drug-likeness (QED) is 0.461. The number of nitro benzene ring substituents is 1. The first-order valence-electron chi connectivity index (χ1n) is 3.19. The smallest absolute Gasteiger partial charge is 0.288 e. The van der Waals surface area contributed by atoms with Gasteiger partial charge in [-0.25, -0.2) is 0 Å². The molecule has 0 saturated heterocycles. The van der Waals surface area contributed by atoms with E-state index in [0.29, 0.717) is 10.2 Å². The van der Waals surface area contributed by atoms with E-state index in [2.05, 4.69) is 15.9 Å². The summed E-state index contributed by atoms with van der Waals surface area (Å²) in [6.07, 6.45) is 0. The zero-order valence-corrected chi connectivity index (χ0v) is 7.91. The highest BCUT2D eigenvalue weighted by atomic mass is 79.9. The molecule has 0 spiro atoms. The van der Waals surface area contributed by atoms with Crippen molar-refractivity contribution >= 4 is 27.3 Å². The number of hydrogen-bond donors (Lipinski definition) is 1. The summed E-state index contributed by atoms with van der Waals surface area (Å²) < 4.78 is 0.415. The summed E-state index contributed by atoms with van der Waals surface area (Å²) in [5.41, 5.74) is 5.47. The van der Waals surface area contributed by atoms with E-state index in [4.69, 9.17) is 11.0 Å². The number of nitrogens with two attached hydrogens (primary N) is 1. The molecule has 13 heavy (non-hydrogen) atoms. The largest absolute Gasteiger partial charge is 0.398 e. The van der Waals surface area contributed by atoms with Crippen molar-refractivity contribution in [1.29, 1.82) is 5.26 Å². The highest BCUT2D eigenvalue weighted by Gasteiger charge is 2.15.